The van der Waals surface area contributed by atoms with Gasteiger partial charge in [0.05, 0.1) is 33.4 Å². The molecule has 17 heteroatoms. The van der Waals surface area contributed by atoms with Gasteiger partial charge in [-0.1, -0.05) is 109 Å². The first-order valence-electron chi connectivity index (χ1n) is 22.7. The van der Waals surface area contributed by atoms with E-state index in [0.717, 1.165) is 0 Å². The highest BCUT2D eigenvalue weighted by Crippen LogP contribution is 2.36. The van der Waals surface area contributed by atoms with Crippen LogP contribution in [-0.2, 0) is 47.4 Å². The quantitative estimate of drug-likeness (QED) is 0.0768. The number of hydrogen-bond donors (Lipinski definition) is 1. The van der Waals surface area contributed by atoms with Crippen molar-refractivity contribution in [3.8, 4) is 0 Å². The van der Waals surface area contributed by atoms with Crippen LogP contribution in [0.5, 0.6) is 0 Å². The lowest BCUT2D eigenvalue weighted by Crippen LogP contribution is -2.67. The molecule has 2 aliphatic rings. The maximum atomic E-state index is 14.1. The molecule has 6 aromatic carbocycles. The zero-order valence-electron chi connectivity index (χ0n) is 38.5. The van der Waals surface area contributed by atoms with E-state index in [0.29, 0.717) is 0 Å². The Morgan fingerprint density at radius 3 is 1.01 bits per heavy atom. The highest BCUT2D eigenvalue weighted by Gasteiger charge is 2.57. The Morgan fingerprint density at radius 1 is 0.375 bits per heavy atom. The van der Waals surface area contributed by atoms with E-state index in [9.17, 15) is 33.9 Å². The molecule has 2 saturated heterocycles. The van der Waals surface area contributed by atoms with E-state index in [4.69, 9.17) is 47.4 Å². The highest BCUT2D eigenvalue weighted by atomic mass is 16.8. The Balaban J connectivity index is 1.22. The molecule has 0 radical (unpaired) electrons. The van der Waals surface area contributed by atoms with Crippen LogP contribution in [0.15, 0.2) is 182 Å². The Kier molecular flexibility index (Phi) is 16.9. The van der Waals surface area contributed by atoms with E-state index in [-0.39, 0.29) is 33.4 Å². The fourth-order valence-corrected chi connectivity index (χ4v) is 7.96. The van der Waals surface area contributed by atoms with E-state index >= 15 is 0 Å². The Hall–Kier alpha value is -8.06. The summed E-state index contributed by atoms with van der Waals surface area (Å²) in [6, 6.07) is 47.4. The van der Waals surface area contributed by atoms with Crippen molar-refractivity contribution in [2.75, 3.05) is 20.3 Å². The molecule has 6 aromatic rings. The second-order valence-electron chi connectivity index (χ2n) is 16.3. The van der Waals surface area contributed by atoms with Gasteiger partial charge in [0.2, 0.25) is 0 Å². The molecule has 0 saturated carbocycles. The first kappa shape index (κ1) is 50.3. The lowest BCUT2D eigenvalue weighted by atomic mass is 9.95. The summed E-state index contributed by atoms with van der Waals surface area (Å²) in [5, 5.41) is 11.9. The smallest absolute Gasteiger partial charge is 0.338 e. The minimum absolute atomic E-state index is 0.0478. The number of benzene rings is 6. The number of hydrogen-bond acceptors (Lipinski definition) is 17. The molecule has 0 aliphatic carbocycles. The molecule has 2 aliphatic heterocycles. The Bertz CT molecular complexity index is 2750. The number of esters is 6. The average molecular weight is 981 g/mol. The number of ether oxygens (including phenoxy) is 10. The number of aliphatic hydroxyl groups excluding tert-OH is 1. The third-order valence-corrected chi connectivity index (χ3v) is 11.6. The fraction of sp³-hybridized carbons (Fsp3) is 0.236. The molecule has 17 nitrogen and oxygen atoms in total. The summed E-state index contributed by atoms with van der Waals surface area (Å²) in [7, 11) is 1.25. The maximum Gasteiger partial charge on any atom is 0.338 e. The molecule has 2 fully saturated rings. The van der Waals surface area contributed by atoms with Gasteiger partial charge < -0.3 is 52.5 Å². The van der Waals surface area contributed by atoms with Crippen LogP contribution in [0.2, 0.25) is 0 Å². The van der Waals surface area contributed by atoms with Gasteiger partial charge in [-0.15, -0.1) is 0 Å². The molecule has 8 rings (SSSR count). The molecule has 10 atom stereocenters. The summed E-state index contributed by atoms with van der Waals surface area (Å²) < 4.78 is 61.1. The van der Waals surface area contributed by atoms with Crippen molar-refractivity contribution in [3.63, 3.8) is 0 Å². The van der Waals surface area contributed by atoms with Gasteiger partial charge in [-0.05, 0) is 72.8 Å². The molecular weight excluding hydrogens is 933 g/mol. The minimum Gasteiger partial charge on any atom is -0.459 e. The standard InChI is InChI=1S/C55H48O17/c1-63-44-42(68-50(58)36-24-12-4-13-25-36)41(33-65-49(57)35-22-10-3-11-23-35)67-55(47(44)71-53(61)39-30-18-7-19-31-39)72-45-43(69-51(59)37-26-14-5-15-27-37)40(32-64-48(56)34-20-8-2-9-21-34)66-54(62)46(45)70-52(60)38-28-16-6-17-29-38/h2-31,40-47,54-55,62H,32-33H2,1H3/t40?,41?,42-,43-,44?,45?,46-,47-,54+,55-/m1/s1. The van der Waals surface area contributed by atoms with Gasteiger partial charge >= 0.3 is 35.8 Å². The lowest BCUT2D eigenvalue weighted by molar-refractivity contribution is -0.354. The van der Waals surface area contributed by atoms with Crippen molar-refractivity contribution in [1.82, 2.24) is 0 Å². The normalized spacial score (nSPS) is 23.6. The predicted octanol–water partition coefficient (Wildman–Crippen LogP) is 6.45. The van der Waals surface area contributed by atoms with Gasteiger partial charge in [0, 0.05) is 7.11 Å². The predicted molar refractivity (Wildman–Crippen MR) is 251 cm³/mol. The summed E-state index contributed by atoms with van der Waals surface area (Å²) in [5.74, 6) is -5.25. The van der Waals surface area contributed by atoms with Gasteiger partial charge in [0.15, 0.2) is 37.0 Å². The monoisotopic (exact) mass is 980 g/mol. The lowest BCUT2D eigenvalue weighted by Gasteiger charge is -2.48. The summed E-state index contributed by atoms with van der Waals surface area (Å²) >= 11 is 0. The van der Waals surface area contributed by atoms with Gasteiger partial charge in [-0.25, -0.2) is 28.8 Å². The molecule has 2 heterocycles. The van der Waals surface area contributed by atoms with Crippen LogP contribution < -0.4 is 0 Å². The first-order chi connectivity index (χ1) is 35.1. The zero-order chi connectivity index (χ0) is 50.4. The molecule has 4 unspecified atom stereocenters. The van der Waals surface area contributed by atoms with Crippen LogP contribution in [0, 0.1) is 0 Å². The van der Waals surface area contributed by atoms with Crippen LogP contribution in [-0.4, -0.2) is 123 Å². The summed E-state index contributed by atoms with van der Waals surface area (Å²) in [4.78, 5) is 82.8. The summed E-state index contributed by atoms with van der Waals surface area (Å²) in [5.41, 5.74) is 0.662. The van der Waals surface area contributed by atoms with Gasteiger partial charge in [0.1, 0.15) is 37.6 Å². The van der Waals surface area contributed by atoms with E-state index in [1.165, 1.54) is 79.9 Å². The van der Waals surface area contributed by atoms with Crippen LogP contribution in [0.4, 0.5) is 0 Å². The number of rotatable bonds is 17. The Labute approximate surface area is 413 Å². The molecule has 0 spiro atoms. The van der Waals surface area contributed by atoms with Gasteiger partial charge in [-0.3, -0.25) is 0 Å². The largest absolute Gasteiger partial charge is 0.459 e. The SMILES string of the molecule is COC1[C@H](OC(=O)c2ccccc2)C(COC(=O)c2ccccc2)O[C@H](OC2[C@H](OC(=O)c3ccccc3)C(COC(=O)c3ccccc3)O[C@H](O)[C@@H]2OC(=O)c2ccccc2)[C@@H]1OC(=O)c1ccccc1. The van der Waals surface area contributed by atoms with Crippen LogP contribution in [0.1, 0.15) is 62.1 Å². The number of carbonyl (C=O) groups excluding carboxylic acids is 6. The van der Waals surface area contributed by atoms with E-state index < -0.39 is 110 Å². The second kappa shape index (κ2) is 24.2. The summed E-state index contributed by atoms with van der Waals surface area (Å²) in [6.07, 6.45) is -17.2. The van der Waals surface area contributed by atoms with Crippen LogP contribution in [0.25, 0.3) is 0 Å². The molecule has 0 aromatic heterocycles. The molecular formula is C55H48O17. The van der Waals surface area contributed by atoms with Crippen molar-refractivity contribution in [2.24, 2.45) is 0 Å². The van der Waals surface area contributed by atoms with E-state index in [2.05, 4.69) is 0 Å². The number of methoxy groups -OCH3 is 1. The third-order valence-electron chi connectivity index (χ3n) is 11.6. The van der Waals surface area contributed by atoms with Crippen LogP contribution >= 0.6 is 0 Å². The van der Waals surface area contributed by atoms with Crippen molar-refractivity contribution in [2.45, 2.75) is 61.4 Å². The van der Waals surface area contributed by atoms with Gasteiger partial charge in [0.25, 0.3) is 0 Å². The van der Waals surface area contributed by atoms with Crippen molar-refractivity contribution in [3.05, 3.63) is 215 Å². The van der Waals surface area contributed by atoms with Crippen molar-refractivity contribution < 1.29 is 81.2 Å². The van der Waals surface area contributed by atoms with E-state index in [1.54, 1.807) is 109 Å². The highest BCUT2D eigenvalue weighted by molar-refractivity contribution is 5.92. The van der Waals surface area contributed by atoms with Gasteiger partial charge in [-0.2, -0.15) is 0 Å². The number of aliphatic hydroxyl groups is 1. The molecule has 370 valence electrons. The molecule has 72 heavy (non-hydrogen) atoms. The molecule has 0 amide bonds. The second-order valence-corrected chi connectivity index (χ2v) is 16.3. The third kappa shape index (κ3) is 12.4. The van der Waals surface area contributed by atoms with E-state index in [1.807, 2.05) is 0 Å². The minimum atomic E-state index is -2.08. The van der Waals surface area contributed by atoms with Crippen LogP contribution in [0.3, 0.4) is 0 Å². The average Bonchev–Trinajstić information content (AvgIpc) is 3.43. The van der Waals surface area contributed by atoms with Crippen molar-refractivity contribution >= 4 is 35.8 Å². The molecule has 0 bridgehead atoms. The summed E-state index contributed by atoms with van der Waals surface area (Å²) in [6.45, 7) is -1.28. The molecule has 1 N–H and O–H groups in total. The Morgan fingerprint density at radius 2 is 0.667 bits per heavy atom. The zero-order valence-corrected chi connectivity index (χ0v) is 38.5. The topological polar surface area (TPSA) is 215 Å². The maximum absolute atomic E-state index is 14.1. The van der Waals surface area contributed by atoms with Crippen molar-refractivity contribution in [1.29, 1.82) is 0 Å². The first-order valence-corrected chi connectivity index (χ1v) is 22.7. The number of carbonyl (C=O) groups is 6. The fourth-order valence-electron chi connectivity index (χ4n) is 7.96.